The highest BCUT2D eigenvalue weighted by Gasteiger charge is 2.33. The van der Waals surface area contributed by atoms with E-state index in [1.165, 1.54) is 22.8 Å². The molecule has 2 aliphatic rings. The van der Waals surface area contributed by atoms with E-state index in [1.807, 2.05) is 18.2 Å². The monoisotopic (exact) mass is 473 g/mol. The Morgan fingerprint density at radius 3 is 2.36 bits per heavy atom. The summed E-state index contributed by atoms with van der Waals surface area (Å²) in [5, 5.41) is 0. The first-order chi connectivity index (χ1) is 15.9. The number of nitrogens with zero attached hydrogens (tertiary/aromatic N) is 5. The minimum Gasteiger partial charge on any atom is -0.455 e. The second kappa shape index (κ2) is 10.3. The van der Waals surface area contributed by atoms with Crippen LogP contribution in [0.1, 0.15) is 12.8 Å². The first-order valence-electron chi connectivity index (χ1n) is 11.0. The van der Waals surface area contributed by atoms with Crippen molar-refractivity contribution in [3.05, 3.63) is 48.9 Å². The third-order valence-corrected chi connectivity index (χ3v) is 7.89. The van der Waals surface area contributed by atoms with Crippen LogP contribution in [0, 0.1) is 5.92 Å². The molecule has 4 heterocycles. The van der Waals surface area contributed by atoms with Gasteiger partial charge in [-0.1, -0.05) is 6.07 Å². The van der Waals surface area contributed by atoms with Crippen LogP contribution in [0.4, 0.5) is 5.82 Å². The molecule has 0 aliphatic carbocycles. The maximum Gasteiger partial charge on any atom is 0.309 e. The number of anilines is 1. The van der Waals surface area contributed by atoms with Gasteiger partial charge >= 0.3 is 5.97 Å². The van der Waals surface area contributed by atoms with E-state index in [1.54, 1.807) is 17.2 Å². The number of hydrogen-bond acceptors (Lipinski definition) is 8. The summed E-state index contributed by atoms with van der Waals surface area (Å²) >= 11 is 0. The van der Waals surface area contributed by atoms with Crippen LogP contribution in [0.3, 0.4) is 0 Å². The van der Waals surface area contributed by atoms with Crippen LogP contribution in [-0.4, -0.2) is 85.3 Å². The number of sulfonamides is 1. The molecule has 11 heteroatoms. The highest BCUT2D eigenvalue weighted by Crippen LogP contribution is 2.24. The molecule has 33 heavy (non-hydrogen) atoms. The molecule has 10 nitrogen and oxygen atoms in total. The molecule has 0 aromatic carbocycles. The van der Waals surface area contributed by atoms with Gasteiger partial charge in [0.25, 0.3) is 5.91 Å². The van der Waals surface area contributed by atoms with E-state index in [0.717, 1.165) is 5.82 Å². The van der Waals surface area contributed by atoms with Crippen molar-refractivity contribution < 1.29 is 22.7 Å². The Balaban J connectivity index is 1.20. The molecule has 2 aromatic rings. The first-order valence-corrected chi connectivity index (χ1v) is 12.4. The van der Waals surface area contributed by atoms with Crippen LogP contribution < -0.4 is 4.90 Å². The standard InChI is InChI=1S/C22H27N5O5S/c28-21(26-14-12-25(13-15-26)20-5-1-2-9-24-20)17-32-22(29)18-6-10-27(11-7-18)33(30,31)19-4-3-8-23-16-19/h1-5,8-9,16,18H,6-7,10-15,17H2. The molecule has 176 valence electrons. The number of carbonyl (C=O) groups excluding carboxylic acids is 2. The summed E-state index contributed by atoms with van der Waals surface area (Å²) in [7, 11) is -3.63. The van der Waals surface area contributed by atoms with Crippen molar-refractivity contribution in [2.24, 2.45) is 5.92 Å². The average molecular weight is 474 g/mol. The van der Waals surface area contributed by atoms with Crippen LogP contribution in [0.25, 0.3) is 0 Å². The SMILES string of the molecule is O=C(OCC(=O)N1CCN(c2ccccn2)CC1)C1CCN(S(=O)(=O)c2cccnc2)CC1. The molecule has 0 radical (unpaired) electrons. The molecule has 2 fully saturated rings. The van der Waals surface area contributed by atoms with Gasteiger partial charge in [-0.05, 0) is 37.1 Å². The molecule has 2 aromatic heterocycles. The van der Waals surface area contributed by atoms with E-state index in [0.29, 0.717) is 39.0 Å². The summed E-state index contributed by atoms with van der Waals surface area (Å²) < 4.78 is 32.0. The van der Waals surface area contributed by atoms with Crippen molar-refractivity contribution in [1.82, 2.24) is 19.2 Å². The number of hydrogen-bond donors (Lipinski definition) is 0. The summed E-state index contributed by atoms with van der Waals surface area (Å²) in [5.74, 6) is -0.207. The van der Waals surface area contributed by atoms with Crippen molar-refractivity contribution in [3.63, 3.8) is 0 Å². The lowest BCUT2D eigenvalue weighted by atomic mass is 9.98. The van der Waals surface area contributed by atoms with Gasteiger partial charge in [0.2, 0.25) is 10.0 Å². The molecule has 0 bridgehead atoms. The summed E-state index contributed by atoms with van der Waals surface area (Å²) in [5.41, 5.74) is 0. The number of carbonyl (C=O) groups is 2. The lowest BCUT2D eigenvalue weighted by molar-refractivity contribution is -0.156. The Morgan fingerprint density at radius 2 is 1.73 bits per heavy atom. The number of amides is 1. The van der Waals surface area contributed by atoms with Crippen LogP contribution >= 0.6 is 0 Å². The Hall–Kier alpha value is -3.05. The molecule has 0 N–H and O–H groups in total. The van der Waals surface area contributed by atoms with Gasteiger partial charge in [0.1, 0.15) is 10.7 Å². The Kier molecular flexibility index (Phi) is 7.19. The Bertz CT molecular complexity index is 1050. The smallest absolute Gasteiger partial charge is 0.309 e. The number of pyridine rings is 2. The summed E-state index contributed by atoms with van der Waals surface area (Å²) in [6, 6.07) is 8.81. The van der Waals surface area contributed by atoms with Gasteiger partial charge in [0.05, 0.1) is 5.92 Å². The quantitative estimate of drug-likeness (QED) is 0.566. The van der Waals surface area contributed by atoms with Gasteiger partial charge in [-0.2, -0.15) is 4.31 Å². The number of ether oxygens (including phenoxy) is 1. The van der Waals surface area contributed by atoms with Crippen LogP contribution in [0.15, 0.2) is 53.8 Å². The van der Waals surface area contributed by atoms with E-state index < -0.39 is 21.9 Å². The molecule has 0 spiro atoms. The normalized spacial score (nSPS) is 18.2. The minimum atomic E-state index is -3.63. The maximum atomic E-state index is 12.7. The third kappa shape index (κ3) is 5.48. The summed E-state index contributed by atoms with van der Waals surface area (Å²) in [6.45, 7) is 2.56. The van der Waals surface area contributed by atoms with Crippen molar-refractivity contribution in [2.75, 3.05) is 50.8 Å². The van der Waals surface area contributed by atoms with E-state index in [9.17, 15) is 18.0 Å². The van der Waals surface area contributed by atoms with Gasteiger partial charge < -0.3 is 14.5 Å². The largest absolute Gasteiger partial charge is 0.455 e. The van der Waals surface area contributed by atoms with Crippen molar-refractivity contribution in [1.29, 1.82) is 0 Å². The molecule has 0 unspecified atom stereocenters. The molecular formula is C22H27N5O5S. The average Bonchev–Trinajstić information content (AvgIpc) is 2.88. The van der Waals surface area contributed by atoms with Gasteiger partial charge in [-0.3, -0.25) is 14.6 Å². The van der Waals surface area contributed by atoms with E-state index in [-0.39, 0.29) is 30.5 Å². The van der Waals surface area contributed by atoms with Crippen molar-refractivity contribution in [3.8, 4) is 0 Å². The van der Waals surface area contributed by atoms with Crippen LogP contribution in [0.5, 0.6) is 0 Å². The molecule has 2 aliphatic heterocycles. The van der Waals surface area contributed by atoms with Gasteiger partial charge in [0, 0.05) is 57.9 Å². The molecule has 4 rings (SSSR count). The lowest BCUT2D eigenvalue weighted by Crippen LogP contribution is -2.50. The minimum absolute atomic E-state index is 0.139. The highest BCUT2D eigenvalue weighted by atomic mass is 32.2. The topological polar surface area (TPSA) is 113 Å². The molecular weight excluding hydrogens is 446 g/mol. The highest BCUT2D eigenvalue weighted by molar-refractivity contribution is 7.89. The molecule has 2 saturated heterocycles. The second-order valence-corrected chi connectivity index (χ2v) is 9.97. The fraction of sp³-hybridized carbons (Fsp3) is 0.455. The number of aromatic nitrogens is 2. The summed E-state index contributed by atoms with van der Waals surface area (Å²) in [4.78, 5) is 37.1. The lowest BCUT2D eigenvalue weighted by Gasteiger charge is -2.35. The van der Waals surface area contributed by atoms with Crippen molar-refractivity contribution in [2.45, 2.75) is 17.7 Å². The Morgan fingerprint density at radius 1 is 0.970 bits per heavy atom. The zero-order chi connectivity index (χ0) is 23.3. The fourth-order valence-corrected chi connectivity index (χ4v) is 5.48. The predicted molar refractivity (Wildman–Crippen MR) is 120 cm³/mol. The Labute approximate surface area is 193 Å². The summed E-state index contributed by atoms with van der Waals surface area (Å²) in [6.07, 6.45) is 5.29. The molecule has 1 amide bonds. The third-order valence-electron chi connectivity index (χ3n) is 6.00. The van der Waals surface area contributed by atoms with E-state index in [2.05, 4.69) is 14.9 Å². The zero-order valence-electron chi connectivity index (χ0n) is 18.2. The van der Waals surface area contributed by atoms with Crippen molar-refractivity contribution >= 4 is 27.7 Å². The second-order valence-electron chi connectivity index (χ2n) is 8.03. The maximum absolute atomic E-state index is 12.7. The molecule has 0 saturated carbocycles. The van der Waals surface area contributed by atoms with Crippen LogP contribution in [0.2, 0.25) is 0 Å². The van der Waals surface area contributed by atoms with Crippen LogP contribution in [-0.2, 0) is 24.3 Å². The van der Waals surface area contributed by atoms with E-state index >= 15 is 0 Å². The number of rotatable bonds is 6. The molecule has 0 atom stereocenters. The number of piperidine rings is 1. The number of esters is 1. The first kappa shape index (κ1) is 23.1. The predicted octanol–water partition coefficient (Wildman–Crippen LogP) is 0.769. The fourth-order valence-electron chi connectivity index (χ4n) is 4.05. The zero-order valence-corrected chi connectivity index (χ0v) is 19.1. The van der Waals surface area contributed by atoms with Gasteiger partial charge in [-0.25, -0.2) is 13.4 Å². The van der Waals surface area contributed by atoms with Gasteiger partial charge in [-0.15, -0.1) is 0 Å². The van der Waals surface area contributed by atoms with Gasteiger partial charge in [0.15, 0.2) is 6.61 Å². The number of piperazine rings is 1. The van der Waals surface area contributed by atoms with E-state index in [4.69, 9.17) is 4.74 Å².